The summed E-state index contributed by atoms with van der Waals surface area (Å²) in [6, 6.07) is 7.68. The van der Waals surface area contributed by atoms with E-state index in [9.17, 15) is 4.79 Å². The van der Waals surface area contributed by atoms with Crippen LogP contribution in [0.25, 0.3) is 11.3 Å². The Balaban J connectivity index is 2.34. The number of anilines is 1. The first-order chi connectivity index (χ1) is 8.70. The van der Waals surface area contributed by atoms with Gasteiger partial charge >= 0.3 is 0 Å². The first-order valence-electron chi connectivity index (χ1n) is 5.66. The fourth-order valence-corrected chi connectivity index (χ4v) is 2.24. The summed E-state index contributed by atoms with van der Waals surface area (Å²) in [4.78, 5) is 16.0. The van der Waals surface area contributed by atoms with Crippen molar-refractivity contribution in [1.29, 1.82) is 0 Å². The average Bonchev–Trinajstić information content (AvgIpc) is 2.77. The van der Waals surface area contributed by atoms with Crippen LogP contribution in [0.2, 0.25) is 0 Å². The number of aromatic nitrogens is 1. The number of nitrogens with zero attached hydrogens (tertiary/aromatic N) is 1. The number of allylic oxidation sites excluding steroid dienone is 1. The molecule has 0 saturated heterocycles. The second kappa shape index (κ2) is 5.60. The molecule has 0 saturated carbocycles. The number of rotatable bonds is 3. The predicted molar refractivity (Wildman–Crippen MR) is 75.7 cm³/mol. The van der Waals surface area contributed by atoms with Crippen LogP contribution in [-0.2, 0) is 4.79 Å². The molecule has 1 aromatic heterocycles. The molecular formula is C14H14N2OS. The van der Waals surface area contributed by atoms with Crippen molar-refractivity contribution >= 4 is 22.9 Å². The molecule has 1 aromatic carbocycles. The van der Waals surface area contributed by atoms with Gasteiger partial charge in [0.25, 0.3) is 0 Å². The first-order valence-corrected chi connectivity index (χ1v) is 6.54. The van der Waals surface area contributed by atoms with Gasteiger partial charge in [0.05, 0.1) is 16.4 Å². The molecule has 0 aliphatic heterocycles. The van der Waals surface area contributed by atoms with Crippen molar-refractivity contribution in [2.24, 2.45) is 0 Å². The summed E-state index contributed by atoms with van der Waals surface area (Å²) < 4.78 is 0. The summed E-state index contributed by atoms with van der Waals surface area (Å²) in [5.41, 5.74) is 2.62. The molecule has 2 aromatic rings. The highest BCUT2D eigenvalue weighted by Gasteiger charge is 2.08. The maximum Gasteiger partial charge on any atom is 0.248 e. The molecule has 4 heteroatoms. The van der Waals surface area contributed by atoms with E-state index in [1.54, 1.807) is 17.4 Å². The molecule has 0 bridgehead atoms. The highest BCUT2D eigenvalue weighted by Crippen LogP contribution is 2.28. The van der Waals surface area contributed by atoms with Gasteiger partial charge in [-0.25, -0.2) is 4.98 Å². The third kappa shape index (κ3) is 2.84. The van der Waals surface area contributed by atoms with Gasteiger partial charge < -0.3 is 5.32 Å². The molecule has 1 N–H and O–H groups in total. The SMILES string of the molecule is C/C=C/C(=O)Nc1ccccc1-c1csc(C)n1. The summed E-state index contributed by atoms with van der Waals surface area (Å²) in [6.07, 6.45) is 3.22. The summed E-state index contributed by atoms with van der Waals surface area (Å²) >= 11 is 1.60. The van der Waals surface area contributed by atoms with E-state index in [-0.39, 0.29) is 5.91 Å². The second-order valence-corrected chi connectivity index (χ2v) is 4.85. The Hall–Kier alpha value is -1.94. The molecule has 1 heterocycles. The Kier molecular flexibility index (Phi) is 3.89. The van der Waals surface area contributed by atoms with Crippen molar-refractivity contribution in [2.45, 2.75) is 13.8 Å². The molecule has 3 nitrogen and oxygen atoms in total. The standard InChI is InChI=1S/C14H14N2OS/c1-3-6-14(17)16-12-8-5-4-7-11(12)13-9-18-10(2)15-13/h3-9H,1-2H3,(H,16,17)/b6-3+. The molecule has 0 radical (unpaired) electrons. The molecule has 0 spiro atoms. The topological polar surface area (TPSA) is 42.0 Å². The number of hydrogen-bond acceptors (Lipinski definition) is 3. The molecule has 0 aliphatic carbocycles. The summed E-state index contributed by atoms with van der Waals surface area (Å²) in [7, 11) is 0. The minimum Gasteiger partial charge on any atom is -0.322 e. The zero-order valence-corrected chi connectivity index (χ0v) is 11.1. The molecule has 2 rings (SSSR count). The predicted octanol–water partition coefficient (Wildman–Crippen LogP) is 3.63. The molecule has 0 unspecified atom stereocenters. The normalized spacial score (nSPS) is 10.8. The average molecular weight is 258 g/mol. The highest BCUT2D eigenvalue weighted by atomic mass is 32.1. The van der Waals surface area contributed by atoms with Crippen LogP contribution in [0.4, 0.5) is 5.69 Å². The molecule has 0 fully saturated rings. The Labute approximate surface area is 110 Å². The van der Waals surface area contributed by atoms with Crippen LogP contribution < -0.4 is 5.32 Å². The number of aryl methyl sites for hydroxylation is 1. The Morgan fingerprint density at radius 3 is 2.83 bits per heavy atom. The van der Waals surface area contributed by atoms with Gasteiger partial charge in [-0.3, -0.25) is 4.79 Å². The Morgan fingerprint density at radius 2 is 2.17 bits per heavy atom. The molecule has 18 heavy (non-hydrogen) atoms. The first kappa shape index (κ1) is 12.5. The largest absolute Gasteiger partial charge is 0.322 e. The quantitative estimate of drug-likeness (QED) is 0.854. The van der Waals surface area contributed by atoms with Gasteiger partial charge in [-0.15, -0.1) is 11.3 Å². The fraction of sp³-hybridized carbons (Fsp3) is 0.143. The number of amides is 1. The minimum atomic E-state index is -0.128. The van der Waals surface area contributed by atoms with E-state index in [0.717, 1.165) is 22.0 Å². The van der Waals surface area contributed by atoms with Gasteiger partial charge in [0, 0.05) is 10.9 Å². The van der Waals surface area contributed by atoms with Crippen molar-refractivity contribution in [1.82, 2.24) is 4.98 Å². The van der Waals surface area contributed by atoms with E-state index in [2.05, 4.69) is 10.3 Å². The third-order valence-electron chi connectivity index (χ3n) is 2.40. The molecule has 1 amide bonds. The maximum atomic E-state index is 11.6. The van der Waals surface area contributed by atoms with Crippen LogP contribution in [0.3, 0.4) is 0 Å². The Morgan fingerprint density at radius 1 is 1.39 bits per heavy atom. The van der Waals surface area contributed by atoms with Gasteiger partial charge in [-0.05, 0) is 26.0 Å². The summed E-state index contributed by atoms with van der Waals surface area (Å²) in [6.45, 7) is 3.78. The number of benzene rings is 1. The smallest absolute Gasteiger partial charge is 0.248 e. The lowest BCUT2D eigenvalue weighted by molar-refractivity contribution is -0.111. The minimum absolute atomic E-state index is 0.128. The number of carbonyl (C=O) groups excluding carboxylic acids is 1. The fourth-order valence-electron chi connectivity index (χ4n) is 1.63. The number of para-hydroxylation sites is 1. The van der Waals surface area contributed by atoms with Gasteiger partial charge in [-0.1, -0.05) is 24.3 Å². The van der Waals surface area contributed by atoms with Gasteiger partial charge in [0.15, 0.2) is 0 Å². The lowest BCUT2D eigenvalue weighted by atomic mass is 10.1. The number of thiazole rings is 1. The van der Waals surface area contributed by atoms with Crippen molar-refractivity contribution in [3.8, 4) is 11.3 Å². The van der Waals surface area contributed by atoms with Crippen LogP contribution >= 0.6 is 11.3 Å². The number of hydrogen-bond donors (Lipinski definition) is 1. The third-order valence-corrected chi connectivity index (χ3v) is 3.17. The zero-order chi connectivity index (χ0) is 13.0. The molecule has 0 atom stereocenters. The van der Waals surface area contributed by atoms with Crippen LogP contribution in [0.15, 0.2) is 41.8 Å². The number of nitrogens with one attached hydrogen (secondary N) is 1. The Bertz CT molecular complexity index is 587. The zero-order valence-electron chi connectivity index (χ0n) is 10.3. The van der Waals surface area contributed by atoms with E-state index in [1.807, 2.05) is 43.5 Å². The van der Waals surface area contributed by atoms with Crippen LogP contribution in [0.1, 0.15) is 11.9 Å². The molecule has 0 aliphatic rings. The van der Waals surface area contributed by atoms with Crippen LogP contribution in [-0.4, -0.2) is 10.9 Å². The van der Waals surface area contributed by atoms with E-state index < -0.39 is 0 Å². The van der Waals surface area contributed by atoms with Crippen molar-refractivity contribution in [3.05, 3.63) is 46.8 Å². The lowest BCUT2D eigenvalue weighted by Gasteiger charge is -2.07. The van der Waals surface area contributed by atoms with E-state index in [4.69, 9.17) is 0 Å². The van der Waals surface area contributed by atoms with Gasteiger partial charge in [-0.2, -0.15) is 0 Å². The van der Waals surface area contributed by atoms with Crippen LogP contribution in [0.5, 0.6) is 0 Å². The maximum absolute atomic E-state index is 11.6. The lowest BCUT2D eigenvalue weighted by Crippen LogP contribution is -2.08. The van der Waals surface area contributed by atoms with Crippen LogP contribution in [0, 0.1) is 6.92 Å². The number of carbonyl (C=O) groups is 1. The highest BCUT2D eigenvalue weighted by molar-refractivity contribution is 7.09. The van der Waals surface area contributed by atoms with Gasteiger partial charge in [0.2, 0.25) is 5.91 Å². The second-order valence-electron chi connectivity index (χ2n) is 3.79. The van der Waals surface area contributed by atoms with Gasteiger partial charge in [0.1, 0.15) is 0 Å². The van der Waals surface area contributed by atoms with E-state index >= 15 is 0 Å². The van der Waals surface area contributed by atoms with Crippen molar-refractivity contribution < 1.29 is 4.79 Å². The molecular weight excluding hydrogens is 244 g/mol. The summed E-state index contributed by atoms with van der Waals surface area (Å²) in [5, 5.41) is 5.87. The summed E-state index contributed by atoms with van der Waals surface area (Å²) in [5.74, 6) is -0.128. The van der Waals surface area contributed by atoms with Crippen molar-refractivity contribution in [2.75, 3.05) is 5.32 Å². The van der Waals surface area contributed by atoms with E-state index in [0.29, 0.717) is 0 Å². The molecule has 92 valence electrons. The van der Waals surface area contributed by atoms with Crippen molar-refractivity contribution in [3.63, 3.8) is 0 Å². The monoisotopic (exact) mass is 258 g/mol. The van der Waals surface area contributed by atoms with E-state index in [1.165, 1.54) is 6.08 Å².